The van der Waals surface area contributed by atoms with Crippen LogP contribution in [0, 0.1) is 6.92 Å². The standard InChI is InChI=1S/C22H26N4O3/c1-16-7-8-20-19(13-16)24-21(29-20)15-25-9-4-10-26(12-11-25)22(27)23-17-5-3-6-18(14-17)28-2/h3,5-8,13-14H,4,9-12,15H2,1-2H3,(H,23,27). The van der Waals surface area contributed by atoms with Gasteiger partial charge in [-0.1, -0.05) is 12.1 Å². The molecule has 0 spiro atoms. The number of amides is 2. The summed E-state index contributed by atoms with van der Waals surface area (Å²) in [5.74, 6) is 1.44. The van der Waals surface area contributed by atoms with Crippen molar-refractivity contribution in [2.75, 3.05) is 38.6 Å². The lowest BCUT2D eigenvalue weighted by atomic mass is 10.2. The van der Waals surface area contributed by atoms with Crippen molar-refractivity contribution >= 4 is 22.8 Å². The predicted octanol–water partition coefficient (Wildman–Crippen LogP) is 3.88. The van der Waals surface area contributed by atoms with Gasteiger partial charge in [-0.3, -0.25) is 4.90 Å². The fourth-order valence-corrected chi connectivity index (χ4v) is 3.58. The zero-order valence-corrected chi connectivity index (χ0v) is 16.9. The SMILES string of the molecule is COc1cccc(NC(=O)N2CCCN(Cc3nc4cc(C)ccc4o3)CC2)c1. The quantitative estimate of drug-likeness (QED) is 0.727. The average molecular weight is 394 g/mol. The van der Waals surface area contributed by atoms with Crippen LogP contribution in [0.2, 0.25) is 0 Å². The fourth-order valence-electron chi connectivity index (χ4n) is 3.58. The van der Waals surface area contributed by atoms with Crippen LogP contribution in [0.25, 0.3) is 11.1 Å². The Bertz CT molecular complexity index is 1000. The molecule has 1 fully saturated rings. The second-order valence-electron chi connectivity index (χ2n) is 7.36. The van der Waals surface area contributed by atoms with Crippen LogP contribution in [-0.4, -0.2) is 54.1 Å². The van der Waals surface area contributed by atoms with E-state index in [1.165, 1.54) is 5.56 Å². The molecule has 3 aromatic rings. The van der Waals surface area contributed by atoms with E-state index in [1.54, 1.807) is 7.11 Å². The van der Waals surface area contributed by atoms with Crippen molar-refractivity contribution in [1.29, 1.82) is 0 Å². The molecule has 2 aromatic carbocycles. The van der Waals surface area contributed by atoms with Crippen molar-refractivity contribution in [1.82, 2.24) is 14.8 Å². The van der Waals surface area contributed by atoms with Gasteiger partial charge in [-0.05, 0) is 43.2 Å². The van der Waals surface area contributed by atoms with Crippen molar-refractivity contribution in [2.24, 2.45) is 0 Å². The van der Waals surface area contributed by atoms with Crippen molar-refractivity contribution in [3.8, 4) is 5.75 Å². The van der Waals surface area contributed by atoms with E-state index in [4.69, 9.17) is 9.15 Å². The largest absolute Gasteiger partial charge is 0.497 e. The van der Waals surface area contributed by atoms with E-state index in [2.05, 4.69) is 15.2 Å². The van der Waals surface area contributed by atoms with E-state index in [0.717, 1.165) is 54.5 Å². The lowest BCUT2D eigenvalue weighted by molar-refractivity contribution is 0.209. The topological polar surface area (TPSA) is 70.8 Å². The number of fused-ring (bicyclic) bond motifs is 1. The molecule has 1 aliphatic rings. The maximum absolute atomic E-state index is 12.7. The molecule has 0 radical (unpaired) electrons. The van der Waals surface area contributed by atoms with Crippen LogP contribution in [0.5, 0.6) is 5.75 Å². The molecule has 1 saturated heterocycles. The lowest BCUT2D eigenvalue weighted by Gasteiger charge is -2.21. The van der Waals surface area contributed by atoms with Gasteiger partial charge in [0.05, 0.1) is 13.7 Å². The highest BCUT2D eigenvalue weighted by atomic mass is 16.5. The molecule has 0 unspecified atom stereocenters. The summed E-state index contributed by atoms with van der Waals surface area (Å²) in [6, 6.07) is 13.3. The molecule has 1 aromatic heterocycles. The summed E-state index contributed by atoms with van der Waals surface area (Å²) in [6.07, 6.45) is 0.908. The fraction of sp³-hybridized carbons (Fsp3) is 0.364. The van der Waals surface area contributed by atoms with E-state index in [9.17, 15) is 4.79 Å². The number of urea groups is 1. The van der Waals surface area contributed by atoms with Gasteiger partial charge >= 0.3 is 6.03 Å². The average Bonchev–Trinajstić information content (AvgIpc) is 2.95. The van der Waals surface area contributed by atoms with Crippen LogP contribution in [0.3, 0.4) is 0 Å². The van der Waals surface area contributed by atoms with Crippen LogP contribution >= 0.6 is 0 Å². The first-order chi connectivity index (χ1) is 14.1. The summed E-state index contributed by atoms with van der Waals surface area (Å²) in [7, 11) is 1.61. The highest BCUT2D eigenvalue weighted by Crippen LogP contribution is 2.20. The number of benzene rings is 2. The Morgan fingerprint density at radius 1 is 1.17 bits per heavy atom. The number of aryl methyl sites for hydroxylation is 1. The molecule has 0 saturated carbocycles. The van der Waals surface area contributed by atoms with E-state index in [0.29, 0.717) is 13.1 Å². The van der Waals surface area contributed by atoms with Gasteiger partial charge in [0.25, 0.3) is 0 Å². The molecule has 0 aliphatic carbocycles. The third-order valence-electron chi connectivity index (χ3n) is 5.14. The van der Waals surface area contributed by atoms with Gasteiger partial charge in [0.15, 0.2) is 5.58 Å². The maximum atomic E-state index is 12.7. The first-order valence-corrected chi connectivity index (χ1v) is 9.89. The number of methoxy groups -OCH3 is 1. The molecule has 1 N–H and O–H groups in total. The first-order valence-electron chi connectivity index (χ1n) is 9.89. The highest BCUT2D eigenvalue weighted by Gasteiger charge is 2.20. The predicted molar refractivity (Wildman–Crippen MR) is 112 cm³/mol. The summed E-state index contributed by atoms with van der Waals surface area (Å²) >= 11 is 0. The summed E-state index contributed by atoms with van der Waals surface area (Å²) in [5, 5.41) is 2.96. The molecule has 7 nitrogen and oxygen atoms in total. The Labute approximate surface area is 170 Å². The number of nitrogens with zero attached hydrogens (tertiary/aromatic N) is 3. The molecular weight excluding hydrogens is 368 g/mol. The Kier molecular flexibility index (Phi) is 5.67. The summed E-state index contributed by atoms with van der Waals surface area (Å²) in [6.45, 7) is 5.77. The van der Waals surface area contributed by atoms with E-state index in [-0.39, 0.29) is 6.03 Å². The van der Waals surface area contributed by atoms with E-state index in [1.807, 2.05) is 54.3 Å². The van der Waals surface area contributed by atoms with Gasteiger partial charge in [0, 0.05) is 37.9 Å². The number of carbonyl (C=O) groups is 1. The molecule has 29 heavy (non-hydrogen) atoms. The van der Waals surface area contributed by atoms with Crippen molar-refractivity contribution in [2.45, 2.75) is 19.9 Å². The van der Waals surface area contributed by atoms with Gasteiger partial charge in [0.1, 0.15) is 11.3 Å². The number of anilines is 1. The lowest BCUT2D eigenvalue weighted by Crippen LogP contribution is -2.38. The van der Waals surface area contributed by atoms with Crippen LogP contribution in [0.15, 0.2) is 46.9 Å². The first kappa shape index (κ1) is 19.3. The number of hydrogen-bond acceptors (Lipinski definition) is 5. The summed E-state index contributed by atoms with van der Waals surface area (Å²) < 4.78 is 11.1. The number of oxazole rings is 1. The minimum atomic E-state index is -0.0857. The Morgan fingerprint density at radius 2 is 2.07 bits per heavy atom. The molecule has 4 rings (SSSR count). The van der Waals surface area contributed by atoms with E-state index >= 15 is 0 Å². The normalized spacial score (nSPS) is 15.3. The van der Waals surface area contributed by atoms with Crippen molar-refractivity contribution < 1.29 is 13.9 Å². The van der Waals surface area contributed by atoms with Crippen LogP contribution in [0.1, 0.15) is 17.9 Å². The Hall–Kier alpha value is -3.06. The number of carbonyl (C=O) groups excluding carboxylic acids is 1. The Balaban J connectivity index is 1.35. The van der Waals surface area contributed by atoms with Gasteiger partial charge < -0.3 is 19.4 Å². The third kappa shape index (κ3) is 4.68. The second kappa shape index (κ2) is 8.53. The summed E-state index contributed by atoms with van der Waals surface area (Å²) in [5.41, 5.74) is 3.62. The molecule has 1 aliphatic heterocycles. The number of hydrogen-bond donors (Lipinski definition) is 1. The molecule has 2 heterocycles. The van der Waals surface area contributed by atoms with Gasteiger partial charge in [-0.2, -0.15) is 0 Å². The van der Waals surface area contributed by atoms with Crippen molar-refractivity contribution in [3.63, 3.8) is 0 Å². The summed E-state index contributed by atoms with van der Waals surface area (Å²) in [4.78, 5) is 21.4. The minimum absolute atomic E-state index is 0.0857. The molecule has 7 heteroatoms. The molecule has 0 bridgehead atoms. The van der Waals surface area contributed by atoms with Gasteiger partial charge in [-0.15, -0.1) is 0 Å². The van der Waals surface area contributed by atoms with Crippen LogP contribution in [-0.2, 0) is 6.54 Å². The van der Waals surface area contributed by atoms with Gasteiger partial charge in [-0.25, -0.2) is 9.78 Å². The van der Waals surface area contributed by atoms with Gasteiger partial charge in [0.2, 0.25) is 5.89 Å². The van der Waals surface area contributed by atoms with Crippen LogP contribution in [0.4, 0.5) is 10.5 Å². The second-order valence-corrected chi connectivity index (χ2v) is 7.36. The zero-order valence-electron chi connectivity index (χ0n) is 16.9. The maximum Gasteiger partial charge on any atom is 0.321 e. The monoisotopic (exact) mass is 394 g/mol. The zero-order chi connectivity index (χ0) is 20.2. The highest BCUT2D eigenvalue weighted by molar-refractivity contribution is 5.89. The number of nitrogens with one attached hydrogen (secondary N) is 1. The minimum Gasteiger partial charge on any atom is -0.497 e. The Morgan fingerprint density at radius 3 is 2.93 bits per heavy atom. The van der Waals surface area contributed by atoms with Crippen molar-refractivity contribution in [3.05, 3.63) is 53.9 Å². The number of aromatic nitrogens is 1. The molecule has 2 amide bonds. The third-order valence-corrected chi connectivity index (χ3v) is 5.14. The number of rotatable bonds is 4. The van der Waals surface area contributed by atoms with Crippen LogP contribution < -0.4 is 10.1 Å². The molecule has 152 valence electrons. The molecular formula is C22H26N4O3. The molecule has 0 atom stereocenters. The van der Waals surface area contributed by atoms with E-state index < -0.39 is 0 Å². The smallest absolute Gasteiger partial charge is 0.321 e. The number of ether oxygens (including phenoxy) is 1.